The van der Waals surface area contributed by atoms with Gasteiger partial charge < -0.3 is 15.8 Å². The lowest BCUT2D eigenvalue weighted by Gasteiger charge is -2.08. The van der Waals surface area contributed by atoms with E-state index in [0.29, 0.717) is 35.8 Å². The number of nitrogens with two attached hydrogens (primary N) is 1. The van der Waals surface area contributed by atoms with Gasteiger partial charge in [0.15, 0.2) is 0 Å². The van der Waals surface area contributed by atoms with Crippen LogP contribution in [-0.2, 0) is 0 Å². The number of ether oxygens (including phenoxy) is 1. The van der Waals surface area contributed by atoms with Crippen molar-refractivity contribution in [3.63, 3.8) is 0 Å². The first-order chi connectivity index (χ1) is 10.8. The SMILES string of the molecule is NCCOc1ccnc(NC(=O)c2cccc3scnc23)c1. The van der Waals surface area contributed by atoms with Gasteiger partial charge in [0, 0.05) is 18.8 Å². The second-order valence-electron chi connectivity index (χ2n) is 4.47. The molecule has 7 heteroatoms. The van der Waals surface area contributed by atoms with Gasteiger partial charge in [0.1, 0.15) is 18.2 Å². The highest BCUT2D eigenvalue weighted by Crippen LogP contribution is 2.22. The molecule has 0 saturated carbocycles. The fraction of sp³-hybridized carbons (Fsp3) is 0.133. The third-order valence-electron chi connectivity index (χ3n) is 2.96. The summed E-state index contributed by atoms with van der Waals surface area (Å²) >= 11 is 1.50. The number of rotatable bonds is 5. The van der Waals surface area contributed by atoms with E-state index in [4.69, 9.17) is 10.5 Å². The molecule has 0 atom stereocenters. The van der Waals surface area contributed by atoms with Crippen LogP contribution in [0.25, 0.3) is 10.2 Å². The van der Waals surface area contributed by atoms with Gasteiger partial charge in [-0.25, -0.2) is 9.97 Å². The Kier molecular flexibility index (Phi) is 4.27. The van der Waals surface area contributed by atoms with Crippen molar-refractivity contribution >= 4 is 33.3 Å². The molecule has 0 aliphatic rings. The predicted molar refractivity (Wildman–Crippen MR) is 86.4 cm³/mol. The molecule has 3 N–H and O–H groups in total. The normalized spacial score (nSPS) is 10.6. The fourth-order valence-electron chi connectivity index (χ4n) is 2.00. The zero-order valence-corrected chi connectivity index (χ0v) is 12.5. The molecule has 22 heavy (non-hydrogen) atoms. The molecule has 0 unspecified atom stereocenters. The maximum Gasteiger partial charge on any atom is 0.259 e. The summed E-state index contributed by atoms with van der Waals surface area (Å²) in [7, 11) is 0. The van der Waals surface area contributed by atoms with Crippen LogP contribution >= 0.6 is 11.3 Å². The summed E-state index contributed by atoms with van der Waals surface area (Å²) in [5.41, 5.74) is 8.34. The Balaban J connectivity index is 1.81. The maximum absolute atomic E-state index is 12.4. The first-order valence-corrected chi connectivity index (χ1v) is 7.58. The molecule has 0 aliphatic carbocycles. The van der Waals surface area contributed by atoms with E-state index in [-0.39, 0.29) is 5.91 Å². The maximum atomic E-state index is 12.4. The molecular formula is C15H14N4O2S. The molecule has 2 heterocycles. The molecule has 0 fully saturated rings. The van der Waals surface area contributed by atoms with E-state index in [1.807, 2.05) is 12.1 Å². The quantitative estimate of drug-likeness (QED) is 0.754. The van der Waals surface area contributed by atoms with Crippen LogP contribution in [0.1, 0.15) is 10.4 Å². The average molecular weight is 314 g/mol. The van der Waals surface area contributed by atoms with Gasteiger partial charge in [-0.3, -0.25) is 4.79 Å². The van der Waals surface area contributed by atoms with Crippen LogP contribution in [-0.4, -0.2) is 29.0 Å². The van der Waals surface area contributed by atoms with E-state index in [0.717, 1.165) is 4.70 Å². The number of nitrogens with one attached hydrogen (secondary N) is 1. The molecule has 2 aromatic heterocycles. The summed E-state index contributed by atoms with van der Waals surface area (Å²) in [5.74, 6) is 0.786. The first kappa shape index (κ1) is 14.4. The molecule has 3 aromatic rings. The summed E-state index contributed by atoms with van der Waals surface area (Å²) in [6.45, 7) is 0.839. The summed E-state index contributed by atoms with van der Waals surface area (Å²) in [6.07, 6.45) is 1.57. The lowest BCUT2D eigenvalue weighted by Crippen LogP contribution is -2.14. The van der Waals surface area contributed by atoms with Crippen molar-refractivity contribution in [2.75, 3.05) is 18.5 Å². The van der Waals surface area contributed by atoms with Gasteiger partial charge in [-0.15, -0.1) is 11.3 Å². The number of carbonyl (C=O) groups is 1. The second-order valence-corrected chi connectivity index (χ2v) is 5.36. The van der Waals surface area contributed by atoms with E-state index in [9.17, 15) is 4.79 Å². The minimum absolute atomic E-state index is 0.250. The molecule has 0 saturated heterocycles. The molecule has 1 aromatic carbocycles. The number of nitrogens with zero attached hydrogens (tertiary/aromatic N) is 2. The Bertz CT molecular complexity index is 803. The standard InChI is InChI=1S/C15H14N4O2S/c16-5-7-21-10-4-6-17-13(8-10)19-15(20)11-2-1-3-12-14(11)18-9-22-12/h1-4,6,8-9H,5,7,16H2,(H,17,19,20). The van der Waals surface area contributed by atoms with E-state index in [1.165, 1.54) is 11.3 Å². The van der Waals surface area contributed by atoms with Crippen molar-refractivity contribution < 1.29 is 9.53 Å². The second kappa shape index (κ2) is 6.50. The van der Waals surface area contributed by atoms with Crippen LogP contribution < -0.4 is 15.8 Å². The Labute approximate surface area is 131 Å². The molecule has 6 nitrogen and oxygen atoms in total. The largest absolute Gasteiger partial charge is 0.492 e. The van der Waals surface area contributed by atoms with Gasteiger partial charge in [-0.2, -0.15) is 0 Å². The lowest BCUT2D eigenvalue weighted by molar-refractivity contribution is 0.102. The lowest BCUT2D eigenvalue weighted by atomic mass is 10.2. The van der Waals surface area contributed by atoms with Crippen LogP contribution in [0.5, 0.6) is 5.75 Å². The molecule has 0 aliphatic heterocycles. The van der Waals surface area contributed by atoms with E-state index >= 15 is 0 Å². The first-order valence-electron chi connectivity index (χ1n) is 6.70. The summed E-state index contributed by atoms with van der Waals surface area (Å²) in [6, 6.07) is 8.89. The van der Waals surface area contributed by atoms with E-state index < -0.39 is 0 Å². The molecule has 0 bridgehead atoms. The van der Waals surface area contributed by atoms with Crippen LogP contribution in [0.15, 0.2) is 42.0 Å². The minimum Gasteiger partial charge on any atom is -0.492 e. The van der Waals surface area contributed by atoms with Crippen LogP contribution in [0.3, 0.4) is 0 Å². The van der Waals surface area contributed by atoms with Crippen LogP contribution in [0.4, 0.5) is 5.82 Å². The highest BCUT2D eigenvalue weighted by atomic mass is 32.1. The van der Waals surface area contributed by atoms with Gasteiger partial charge in [0.05, 0.1) is 21.3 Å². The third-order valence-corrected chi connectivity index (χ3v) is 3.76. The highest BCUT2D eigenvalue weighted by molar-refractivity contribution is 7.16. The Morgan fingerprint density at radius 2 is 2.23 bits per heavy atom. The topological polar surface area (TPSA) is 90.1 Å². The monoisotopic (exact) mass is 314 g/mol. The van der Waals surface area contributed by atoms with Crippen LogP contribution in [0.2, 0.25) is 0 Å². The molecule has 112 valence electrons. The van der Waals surface area contributed by atoms with Crippen molar-refractivity contribution in [1.29, 1.82) is 0 Å². The van der Waals surface area contributed by atoms with Gasteiger partial charge in [-0.1, -0.05) is 6.07 Å². The number of amides is 1. The fourth-order valence-corrected chi connectivity index (χ4v) is 2.70. The van der Waals surface area contributed by atoms with E-state index in [1.54, 1.807) is 29.9 Å². The van der Waals surface area contributed by atoms with Crippen molar-refractivity contribution in [2.24, 2.45) is 5.73 Å². The summed E-state index contributed by atoms with van der Waals surface area (Å²) < 4.78 is 6.39. The number of hydrogen-bond donors (Lipinski definition) is 2. The van der Waals surface area contributed by atoms with Crippen molar-refractivity contribution in [2.45, 2.75) is 0 Å². The number of benzene rings is 1. The smallest absolute Gasteiger partial charge is 0.259 e. The van der Waals surface area contributed by atoms with Crippen molar-refractivity contribution in [1.82, 2.24) is 9.97 Å². The van der Waals surface area contributed by atoms with Gasteiger partial charge in [-0.05, 0) is 18.2 Å². The molecular weight excluding hydrogens is 300 g/mol. The molecule has 3 rings (SSSR count). The minimum atomic E-state index is -0.250. The highest BCUT2D eigenvalue weighted by Gasteiger charge is 2.12. The third kappa shape index (κ3) is 3.05. The Morgan fingerprint density at radius 1 is 1.32 bits per heavy atom. The average Bonchev–Trinajstić information content (AvgIpc) is 3.01. The number of carbonyl (C=O) groups excluding carboxylic acids is 1. The number of fused-ring (bicyclic) bond motifs is 1. The Hall–Kier alpha value is -2.51. The molecule has 0 spiro atoms. The number of thiazole rings is 1. The molecule has 0 radical (unpaired) electrons. The number of hydrogen-bond acceptors (Lipinski definition) is 6. The number of aromatic nitrogens is 2. The summed E-state index contributed by atoms with van der Waals surface area (Å²) in [5, 5.41) is 2.76. The zero-order chi connectivity index (χ0) is 15.4. The predicted octanol–water partition coefficient (Wildman–Crippen LogP) is 2.28. The zero-order valence-electron chi connectivity index (χ0n) is 11.7. The number of para-hydroxylation sites is 1. The Morgan fingerprint density at radius 3 is 3.09 bits per heavy atom. The van der Waals surface area contributed by atoms with Gasteiger partial charge in [0.2, 0.25) is 0 Å². The summed E-state index contributed by atoms with van der Waals surface area (Å²) in [4.78, 5) is 20.8. The van der Waals surface area contributed by atoms with Crippen molar-refractivity contribution in [3.05, 3.63) is 47.6 Å². The molecule has 1 amide bonds. The van der Waals surface area contributed by atoms with Crippen LogP contribution in [0, 0.1) is 0 Å². The van der Waals surface area contributed by atoms with Crippen molar-refractivity contribution in [3.8, 4) is 5.75 Å². The van der Waals surface area contributed by atoms with E-state index in [2.05, 4.69) is 15.3 Å². The number of pyridine rings is 1. The van der Waals surface area contributed by atoms with Gasteiger partial charge >= 0.3 is 0 Å². The van der Waals surface area contributed by atoms with Gasteiger partial charge in [0.25, 0.3) is 5.91 Å². The number of anilines is 1.